The number of primary amides is 1. The van der Waals surface area contributed by atoms with E-state index in [0.29, 0.717) is 22.6 Å². The topological polar surface area (TPSA) is 78.6 Å². The minimum Gasteiger partial charge on any atom is -0.497 e. The van der Waals surface area contributed by atoms with E-state index in [-0.39, 0.29) is 12.4 Å². The van der Waals surface area contributed by atoms with Crippen molar-refractivity contribution in [3.63, 3.8) is 0 Å². The van der Waals surface area contributed by atoms with Crippen LogP contribution in [0.1, 0.15) is 20.7 Å². The van der Waals surface area contributed by atoms with Crippen molar-refractivity contribution in [1.29, 1.82) is 0 Å². The number of Topliss-reactive ketones (excluding diaryl/α,β-unsaturated/α-hetero) is 1. The van der Waals surface area contributed by atoms with Crippen LogP contribution in [0.5, 0.6) is 11.5 Å². The molecule has 0 bridgehead atoms. The molecule has 2 N–H and O–H groups in total. The van der Waals surface area contributed by atoms with Gasteiger partial charge in [0.1, 0.15) is 11.5 Å². The number of ketones is 1. The van der Waals surface area contributed by atoms with Gasteiger partial charge in [-0.25, -0.2) is 0 Å². The molecule has 2 aromatic rings. The third kappa shape index (κ3) is 3.82. The molecule has 0 unspecified atom stereocenters. The van der Waals surface area contributed by atoms with E-state index < -0.39 is 5.91 Å². The summed E-state index contributed by atoms with van der Waals surface area (Å²) in [4.78, 5) is 22.9. The second-order valence-electron chi connectivity index (χ2n) is 4.33. The van der Waals surface area contributed by atoms with Crippen molar-refractivity contribution in [2.75, 3.05) is 13.7 Å². The highest BCUT2D eigenvalue weighted by Crippen LogP contribution is 2.15. The van der Waals surface area contributed by atoms with Crippen molar-refractivity contribution < 1.29 is 19.1 Å². The van der Waals surface area contributed by atoms with Crippen molar-refractivity contribution in [3.05, 3.63) is 59.7 Å². The van der Waals surface area contributed by atoms with E-state index in [9.17, 15) is 9.59 Å². The number of ether oxygens (including phenoxy) is 2. The van der Waals surface area contributed by atoms with Gasteiger partial charge in [-0.05, 0) is 36.4 Å². The molecule has 108 valence electrons. The van der Waals surface area contributed by atoms with Gasteiger partial charge in [0.2, 0.25) is 5.91 Å². The molecule has 0 atom stereocenters. The van der Waals surface area contributed by atoms with Crippen LogP contribution in [0.2, 0.25) is 0 Å². The number of hydrogen-bond donors (Lipinski definition) is 1. The van der Waals surface area contributed by atoms with Crippen molar-refractivity contribution in [1.82, 2.24) is 0 Å². The lowest BCUT2D eigenvalue weighted by Gasteiger charge is -2.07. The largest absolute Gasteiger partial charge is 0.497 e. The van der Waals surface area contributed by atoms with Crippen LogP contribution in [0.25, 0.3) is 0 Å². The average Bonchev–Trinajstić information content (AvgIpc) is 2.53. The van der Waals surface area contributed by atoms with Gasteiger partial charge in [0.15, 0.2) is 12.4 Å². The molecule has 1 amide bonds. The van der Waals surface area contributed by atoms with E-state index in [1.54, 1.807) is 55.6 Å². The lowest BCUT2D eigenvalue weighted by molar-refractivity contribution is 0.0920. The summed E-state index contributed by atoms with van der Waals surface area (Å²) in [6, 6.07) is 13.2. The second kappa shape index (κ2) is 6.56. The van der Waals surface area contributed by atoms with Crippen LogP contribution >= 0.6 is 0 Å². The lowest BCUT2D eigenvalue weighted by atomic mass is 10.1. The highest BCUT2D eigenvalue weighted by Gasteiger charge is 2.08. The molecule has 0 heterocycles. The molecule has 0 saturated heterocycles. The van der Waals surface area contributed by atoms with E-state index in [2.05, 4.69) is 0 Å². The first-order valence-electron chi connectivity index (χ1n) is 6.30. The molecule has 0 fully saturated rings. The molecule has 2 aromatic carbocycles. The molecule has 0 saturated carbocycles. The summed E-state index contributed by atoms with van der Waals surface area (Å²) in [7, 11) is 1.54. The molecular weight excluding hydrogens is 270 g/mol. The molecule has 2 rings (SSSR count). The van der Waals surface area contributed by atoms with Crippen LogP contribution in [0.15, 0.2) is 48.5 Å². The number of methoxy groups -OCH3 is 1. The third-order valence-corrected chi connectivity index (χ3v) is 2.90. The Morgan fingerprint density at radius 3 is 2.33 bits per heavy atom. The van der Waals surface area contributed by atoms with Gasteiger partial charge in [-0.3, -0.25) is 9.59 Å². The maximum Gasteiger partial charge on any atom is 0.248 e. The van der Waals surface area contributed by atoms with Gasteiger partial charge in [-0.2, -0.15) is 0 Å². The predicted molar refractivity (Wildman–Crippen MR) is 77.8 cm³/mol. The first-order chi connectivity index (χ1) is 10.1. The van der Waals surface area contributed by atoms with Crippen LogP contribution in [-0.4, -0.2) is 25.4 Å². The summed E-state index contributed by atoms with van der Waals surface area (Å²) in [5.74, 6) is 0.449. The molecule has 5 heteroatoms. The number of amides is 1. The zero-order chi connectivity index (χ0) is 15.2. The molecule has 5 nitrogen and oxygen atoms in total. The molecule has 0 aromatic heterocycles. The number of hydrogen-bond acceptors (Lipinski definition) is 4. The summed E-state index contributed by atoms with van der Waals surface area (Å²) in [6.07, 6.45) is 0. The number of benzene rings is 2. The van der Waals surface area contributed by atoms with Crippen LogP contribution in [0.3, 0.4) is 0 Å². The van der Waals surface area contributed by atoms with Gasteiger partial charge in [0, 0.05) is 11.1 Å². The zero-order valence-electron chi connectivity index (χ0n) is 11.5. The summed E-state index contributed by atoms with van der Waals surface area (Å²) in [5, 5.41) is 0. The predicted octanol–water partition coefficient (Wildman–Crippen LogP) is 2.06. The Morgan fingerprint density at radius 1 is 1.00 bits per heavy atom. The first-order valence-corrected chi connectivity index (χ1v) is 6.30. The van der Waals surface area contributed by atoms with E-state index in [4.69, 9.17) is 15.2 Å². The summed E-state index contributed by atoms with van der Waals surface area (Å²) in [5.41, 5.74) is 6.05. The maximum absolute atomic E-state index is 12.0. The van der Waals surface area contributed by atoms with Crippen molar-refractivity contribution in [2.24, 2.45) is 5.73 Å². The van der Waals surface area contributed by atoms with E-state index in [1.165, 1.54) is 0 Å². The minimum atomic E-state index is -0.506. The lowest BCUT2D eigenvalue weighted by Crippen LogP contribution is -2.12. The van der Waals surface area contributed by atoms with E-state index >= 15 is 0 Å². The number of rotatable bonds is 6. The normalized spacial score (nSPS) is 9.95. The smallest absolute Gasteiger partial charge is 0.248 e. The molecule has 0 spiro atoms. The van der Waals surface area contributed by atoms with Gasteiger partial charge < -0.3 is 15.2 Å². The monoisotopic (exact) mass is 285 g/mol. The first kappa shape index (κ1) is 14.6. The Hall–Kier alpha value is -2.82. The Kier molecular flexibility index (Phi) is 4.56. The second-order valence-corrected chi connectivity index (χ2v) is 4.33. The van der Waals surface area contributed by atoms with Crippen LogP contribution in [0.4, 0.5) is 0 Å². The van der Waals surface area contributed by atoms with Crippen LogP contribution < -0.4 is 15.2 Å². The van der Waals surface area contributed by atoms with Crippen molar-refractivity contribution in [3.8, 4) is 11.5 Å². The van der Waals surface area contributed by atoms with E-state index in [1.807, 2.05) is 0 Å². The fourth-order valence-corrected chi connectivity index (χ4v) is 1.74. The third-order valence-electron chi connectivity index (χ3n) is 2.90. The Labute approximate surface area is 122 Å². The molecular formula is C16H15NO4. The quantitative estimate of drug-likeness (QED) is 0.824. The molecule has 0 aliphatic heterocycles. The highest BCUT2D eigenvalue weighted by molar-refractivity contribution is 5.97. The fraction of sp³-hybridized carbons (Fsp3) is 0.125. The van der Waals surface area contributed by atoms with Crippen LogP contribution in [0, 0.1) is 0 Å². The maximum atomic E-state index is 12.0. The van der Waals surface area contributed by atoms with Gasteiger partial charge in [-0.1, -0.05) is 12.1 Å². The average molecular weight is 285 g/mol. The minimum absolute atomic E-state index is 0.0942. The number of carbonyl (C=O) groups is 2. The Bertz CT molecular complexity index is 650. The molecule has 21 heavy (non-hydrogen) atoms. The van der Waals surface area contributed by atoms with Crippen molar-refractivity contribution in [2.45, 2.75) is 0 Å². The fourth-order valence-electron chi connectivity index (χ4n) is 1.74. The molecule has 0 aliphatic carbocycles. The van der Waals surface area contributed by atoms with Gasteiger partial charge >= 0.3 is 0 Å². The summed E-state index contributed by atoms with van der Waals surface area (Å²) >= 11 is 0. The van der Waals surface area contributed by atoms with Gasteiger partial charge in [-0.15, -0.1) is 0 Å². The standard InChI is InChI=1S/C16H15NO4/c1-20-14-4-2-3-12(9-14)15(18)10-21-13-7-5-11(6-8-13)16(17)19/h2-9H,10H2,1H3,(H2,17,19). The molecule has 0 aliphatic rings. The summed E-state index contributed by atoms with van der Waals surface area (Å²) < 4.78 is 10.5. The zero-order valence-corrected chi connectivity index (χ0v) is 11.5. The summed E-state index contributed by atoms with van der Waals surface area (Å²) in [6.45, 7) is -0.0942. The highest BCUT2D eigenvalue weighted by atomic mass is 16.5. The Morgan fingerprint density at radius 2 is 1.71 bits per heavy atom. The van der Waals surface area contributed by atoms with Gasteiger partial charge in [0.25, 0.3) is 0 Å². The number of nitrogens with two attached hydrogens (primary N) is 1. The van der Waals surface area contributed by atoms with Crippen molar-refractivity contribution >= 4 is 11.7 Å². The van der Waals surface area contributed by atoms with E-state index in [0.717, 1.165) is 0 Å². The molecule has 0 radical (unpaired) electrons. The van der Waals surface area contributed by atoms with Crippen LogP contribution in [-0.2, 0) is 0 Å². The Balaban J connectivity index is 1.98. The van der Waals surface area contributed by atoms with Gasteiger partial charge in [0.05, 0.1) is 7.11 Å². The number of carbonyl (C=O) groups excluding carboxylic acids is 2. The SMILES string of the molecule is COc1cccc(C(=O)COc2ccc(C(N)=O)cc2)c1.